The molecule has 1 aliphatic heterocycles. The van der Waals surface area contributed by atoms with E-state index in [0.717, 1.165) is 35.2 Å². The molecule has 0 aliphatic carbocycles. The normalized spacial score (nSPS) is 16.6. The fourth-order valence-corrected chi connectivity index (χ4v) is 2.91. The highest BCUT2D eigenvalue weighted by Gasteiger charge is 2.16. The van der Waals surface area contributed by atoms with Gasteiger partial charge in [0.15, 0.2) is 0 Å². The number of aliphatic carboxylic acids is 1. The SMILES string of the molecule is O=C(O)Cc1ccc(Nc2ncc(Br)c(NCC3CCCO3)n2)cc1. The Morgan fingerprint density at radius 3 is 2.84 bits per heavy atom. The molecule has 0 radical (unpaired) electrons. The summed E-state index contributed by atoms with van der Waals surface area (Å²) in [7, 11) is 0. The molecule has 0 spiro atoms. The standard InChI is InChI=1S/C17H19BrN4O3/c18-14-10-20-17(22-16(14)19-9-13-2-1-7-25-13)21-12-5-3-11(4-6-12)8-15(23)24/h3-6,10,13H,1-2,7-9H2,(H,23,24)(H2,19,20,21,22). The number of carboxylic acid groups (broad SMARTS) is 1. The molecule has 1 unspecified atom stereocenters. The second kappa shape index (κ2) is 8.26. The van der Waals surface area contributed by atoms with Crippen LogP contribution in [0.1, 0.15) is 18.4 Å². The summed E-state index contributed by atoms with van der Waals surface area (Å²) in [5.74, 6) is 0.318. The van der Waals surface area contributed by atoms with Gasteiger partial charge in [-0.15, -0.1) is 0 Å². The number of halogens is 1. The summed E-state index contributed by atoms with van der Waals surface area (Å²) in [6.45, 7) is 1.53. The zero-order valence-corrected chi connectivity index (χ0v) is 15.1. The molecule has 132 valence electrons. The molecule has 0 saturated carbocycles. The second-order valence-corrected chi connectivity index (χ2v) is 6.65. The van der Waals surface area contributed by atoms with E-state index in [-0.39, 0.29) is 12.5 Å². The molecule has 1 aromatic heterocycles. The lowest BCUT2D eigenvalue weighted by molar-refractivity contribution is -0.136. The number of hydrogen-bond donors (Lipinski definition) is 3. The Morgan fingerprint density at radius 2 is 2.16 bits per heavy atom. The maximum atomic E-state index is 10.7. The van der Waals surface area contributed by atoms with Crippen molar-refractivity contribution in [2.75, 3.05) is 23.8 Å². The van der Waals surface area contributed by atoms with Crippen molar-refractivity contribution in [3.8, 4) is 0 Å². The molecule has 0 amide bonds. The fourth-order valence-electron chi connectivity index (χ4n) is 2.58. The van der Waals surface area contributed by atoms with E-state index >= 15 is 0 Å². The van der Waals surface area contributed by atoms with Crippen molar-refractivity contribution in [1.29, 1.82) is 0 Å². The summed E-state index contributed by atoms with van der Waals surface area (Å²) in [6.07, 6.45) is 4.07. The van der Waals surface area contributed by atoms with Crippen LogP contribution < -0.4 is 10.6 Å². The molecule has 8 heteroatoms. The van der Waals surface area contributed by atoms with Crippen LogP contribution in [0.15, 0.2) is 34.9 Å². The zero-order chi connectivity index (χ0) is 17.6. The Kier molecular flexibility index (Phi) is 5.83. The highest BCUT2D eigenvalue weighted by atomic mass is 79.9. The van der Waals surface area contributed by atoms with Crippen molar-refractivity contribution in [3.63, 3.8) is 0 Å². The lowest BCUT2D eigenvalue weighted by Gasteiger charge is -2.13. The third-order valence-electron chi connectivity index (χ3n) is 3.83. The number of hydrogen-bond acceptors (Lipinski definition) is 6. The largest absolute Gasteiger partial charge is 0.481 e. The molecule has 0 bridgehead atoms. The topological polar surface area (TPSA) is 96.4 Å². The van der Waals surface area contributed by atoms with E-state index in [2.05, 4.69) is 36.5 Å². The van der Waals surface area contributed by atoms with Gasteiger partial charge in [-0.3, -0.25) is 4.79 Å². The summed E-state index contributed by atoms with van der Waals surface area (Å²) in [5.41, 5.74) is 1.54. The average Bonchev–Trinajstić information content (AvgIpc) is 3.10. The van der Waals surface area contributed by atoms with Crippen LogP contribution in [0.5, 0.6) is 0 Å². The van der Waals surface area contributed by atoms with Gasteiger partial charge in [0.1, 0.15) is 5.82 Å². The lowest BCUT2D eigenvalue weighted by atomic mass is 10.1. The molecule has 1 atom stereocenters. The van der Waals surface area contributed by atoms with E-state index in [4.69, 9.17) is 9.84 Å². The first-order valence-corrected chi connectivity index (χ1v) is 8.85. The van der Waals surface area contributed by atoms with Crippen LogP contribution in [0, 0.1) is 0 Å². The molecular weight excluding hydrogens is 388 g/mol. The van der Waals surface area contributed by atoms with Gasteiger partial charge < -0.3 is 20.5 Å². The maximum absolute atomic E-state index is 10.7. The van der Waals surface area contributed by atoms with Crippen molar-refractivity contribution in [2.24, 2.45) is 0 Å². The average molecular weight is 407 g/mol. The van der Waals surface area contributed by atoms with Gasteiger partial charge >= 0.3 is 5.97 Å². The van der Waals surface area contributed by atoms with Gasteiger partial charge in [0.2, 0.25) is 5.95 Å². The number of ether oxygens (including phenoxy) is 1. The molecule has 1 saturated heterocycles. The predicted molar refractivity (Wildman–Crippen MR) is 98.3 cm³/mol. The number of benzene rings is 1. The Labute approximate surface area is 154 Å². The summed E-state index contributed by atoms with van der Waals surface area (Å²) in [5, 5.41) is 15.2. The van der Waals surface area contributed by atoms with Crippen LogP contribution in [0.2, 0.25) is 0 Å². The van der Waals surface area contributed by atoms with E-state index in [0.29, 0.717) is 18.3 Å². The van der Waals surface area contributed by atoms with Crippen molar-refractivity contribution in [3.05, 3.63) is 40.5 Å². The van der Waals surface area contributed by atoms with Gasteiger partial charge in [-0.25, -0.2) is 4.98 Å². The minimum atomic E-state index is -0.848. The van der Waals surface area contributed by atoms with E-state index in [1.165, 1.54) is 0 Å². The Hall–Kier alpha value is -2.19. The van der Waals surface area contributed by atoms with Crippen LogP contribution >= 0.6 is 15.9 Å². The van der Waals surface area contributed by atoms with Gasteiger partial charge in [0.25, 0.3) is 0 Å². The predicted octanol–water partition coefficient (Wildman–Crippen LogP) is 3.20. The number of nitrogens with one attached hydrogen (secondary N) is 2. The Morgan fingerprint density at radius 1 is 1.36 bits per heavy atom. The minimum Gasteiger partial charge on any atom is -0.481 e. The van der Waals surface area contributed by atoms with E-state index in [9.17, 15) is 4.79 Å². The third kappa shape index (κ3) is 5.14. The lowest BCUT2D eigenvalue weighted by Crippen LogP contribution is -2.19. The van der Waals surface area contributed by atoms with E-state index < -0.39 is 5.97 Å². The molecule has 1 aromatic carbocycles. The number of carboxylic acids is 1. The molecule has 2 heterocycles. The number of rotatable bonds is 7. The Bertz CT molecular complexity index is 733. The van der Waals surface area contributed by atoms with Crippen molar-refractivity contribution in [2.45, 2.75) is 25.4 Å². The third-order valence-corrected chi connectivity index (χ3v) is 4.41. The fraction of sp³-hybridized carbons (Fsp3) is 0.353. The van der Waals surface area contributed by atoms with Gasteiger partial charge in [-0.2, -0.15) is 4.98 Å². The number of carbonyl (C=O) groups is 1. The smallest absolute Gasteiger partial charge is 0.307 e. The molecule has 1 aliphatic rings. The summed E-state index contributed by atoms with van der Waals surface area (Å²) in [6, 6.07) is 7.16. The second-order valence-electron chi connectivity index (χ2n) is 5.80. The van der Waals surface area contributed by atoms with Crippen LogP contribution in [-0.4, -0.2) is 40.3 Å². The van der Waals surface area contributed by atoms with Crippen molar-refractivity contribution in [1.82, 2.24) is 9.97 Å². The van der Waals surface area contributed by atoms with Crippen LogP contribution in [0.3, 0.4) is 0 Å². The Balaban J connectivity index is 1.63. The number of nitrogens with zero attached hydrogens (tertiary/aromatic N) is 2. The molecule has 2 aromatic rings. The van der Waals surface area contributed by atoms with Crippen molar-refractivity contribution < 1.29 is 14.6 Å². The maximum Gasteiger partial charge on any atom is 0.307 e. The summed E-state index contributed by atoms with van der Waals surface area (Å²) < 4.78 is 6.39. The van der Waals surface area contributed by atoms with Crippen LogP contribution in [0.4, 0.5) is 17.5 Å². The molecule has 7 nitrogen and oxygen atoms in total. The first kappa shape index (κ1) is 17.6. The molecule has 1 fully saturated rings. The van der Waals surface area contributed by atoms with Crippen LogP contribution in [-0.2, 0) is 16.0 Å². The molecule has 25 heavy (non-hydrogen) atoms. The van der Waals surface area contributed by atoms with Gasteiger partial charge in [0, 0.05) is 25.0 Å². The van der Waals surface area contributed by atoms with Gasteiger partial charge in [-0.1, -0.05) is 12.1 Å². The molecule has 3 N–H and O–H groups in total. The summed E-state index contributed by atoms with van der Waals surface area (Å²) >= 11 is 3.45. The van der Waals surface area contributed by atoms with Gasteiger partial charge in [0.05, 0.1) is 17.0 Å². The number of aromatic nitrogens is 2. The first-order valence-electron chi connectivity index (χ1n) is 8.06. The van der Waals surface area contributed by atoms with E-state index in [1.807, 2.05) is 12.1 Å². The van der Waals surface area contributed by atoms with Crippen molar-refractivity contribution >= 4 is 39.4 Å². The van der Waals surface area contributed by atoms with Gasteiger partial charge in [-0.05, 0) is 46.5 Å². The monoisotopic (exact) mass is 406 g/mol. The molecular formula is C17H19BrN4O3. The molecule has 3 rings (SSSR count). The minimum absolute atomic E-state index is 0.00632. The highest BCUT2D eigenvalue weighted by Crippen LogP contribution is 2.23. The summed E-state index contributed by atoms with van der Waals surface area (Å²) in [4.78, 5) is 19.4. The van der Waals surface area contributed by atoms with E-state index in [1.54, 1.807) is 18.3 Å². The quantitative estimate of drug-likeness (QED) is 0.649. The number of anilines is 3. The van der Waals surface area contributed by atoms with Crippen LogP contribution in [0.25, 0.3) is 0 Å². The first-order chi connectivity index (χ1) is 12.1. The zero-order valence-electron chi connectivity index (χ0n) is 13.5. The highest BCUT2D eigenvalue weighted by molar-refractivity contribution is 9.10.